The summed E-state index contributed by atoms with van der Waals surface area (Å²) in [7, 11) is 0. The van der Waals surface area contributed by atoms with Crippen LogP contribution < -0.4 is 0 Å². The molecule has 1 aromatic heterocycles. The van der Waals surface area contributed by atoms with Gasteiger partial charge >= 0.3 is 0 Å². The predicted molar refractivity (Wildman–Crippen MR) is 77.4 cm³/mol. The second kappa shape index (κ2) is 6.44. The van der Waals surface area contributed by atoms with Crippen LogP contribution in [0.2, 0.25) is 5.02 Å². The van der Waals surface area contributed by atoms with E-state index in [1.54, 1.807) is 11.3 Å². The minimum atomic E-state index is 0.497. The molecule has 0 aliphatic rings. The normalized spacial score (nSPS) is 12.6. The molecule has 1 atom stereocenters. The van der Waals surface area contributed by atoms with Crippen LogP contribution in [0.1, 0.15) is 10.4 Å². The van der Waals surface area contributed by atoms with Crippen LogP contribution in [0.4, 0.5) is 0 Å². The number of hydrogen-bond acceptors (Lipinski definition) is 1. The van der Waals surface area contributed by atoms with Gasteiger partial charge in [-0.1, -0.05) is 29.8 Å². The van der Waals surface area contributed by atoms with Gasteiger partial charge in [0.05, 0.1) is 0 Å². The fourth-order valence-corrected chi connectivity index (χ4v) is 3.01. The Bertz CT molecular complexity index is 434. The van der Waals surface area contributed by atoms with E-state index >= 15 is 0 Å². The van der Waals surface area contributed by atoms with E-state index in [9.17, 15) is 0 Å². The van der Waals surface area contributed by atoms with Crippen molar-refractivity contribution < 1.29 is 0 Å². The minimum Gasteiger partial charge on any atom is -0.149 e. The molecule has 0 radical (unpaired) electrons. The lowest BCUT2D eigenvalue weighted by molar-refractivity contribution is 0.589. The van der Waals surface area contributed by atoms with Crippen molar-refractivity contribution in [2.75, 3.05) is 5.88 Å². The molecule has 0 aliphatic heterocycles. The number of hydrogen-bond donors (Lipinski definition) is 0. The largest absolute Gasteiger partial charge is 0.149 e. The third kappa shape index (κ3) is 4.02. The highest BCUT2D eigenvalue weighted by atomic mass is 35.5. The molecule has 1 aromatic carbocycles. The summed E-state index contributed by atoms with van der Waals surface area (Å²) in [5, 5.41) is 2.90. The monoisotopic (exact) mass is 284 g/mol. The zero-order valence-electron chi connectivity index (χ0n) is 9.40. The molecule has 0 saturated carbocycles. The average molecular weight is 285 g/mol. The molecule has 0 bridgehead atoms. The summed E-state index contributed by atoms with van der Waals surface area (Å²) in [6.07, 6.45) is 2.07. The van der Waals surface area contributed by atoms with Crippen molar-refractivity contribution in [3.05, 3.63) is 57.2 Å². The molecule has 2 aromatic rings. The van der Waals surface area contributed by atoms with Gasteiger partial charge in [0.2, 0.25) is 0 Å². The summed E-state index contributed by atoms with van der Waals surface area (Å²) in [5.41, 5.74) is 1.30. The first-order valence-corrected chi connectivity index (χ1v) is 7.40. The smallest absolute Gasteiger partial charge is 0.0406 e. The first-order valence-electron chi connectivity index (χ1n) is 5.60. The Hall–Kier alpha value is -0.500. The number of halogens is 2. The van der Waals surface area contributed by atoms with Gasteiger partial charge in [-0.2, -0.15) is 0 Å². The molecule has 3 heteroatoms. The van der Waals surface area contributed by atoms with Crippen LogP contribution in [-0.2, 0) is 12.8 Å². The number of benzene rings is 1. The van der Waals surface area contributed by atoms with E-state index in [1.807, 2.05) is 12.1 Å². The van der Waals surface area contributed by atoms with Gasteiger partial charge in [0.25, 0.3) is 0 Å². The van der Waals surface area contributed by atoms with Gasteiger partial charge in [0.15, 0.2) is 0 Å². The summed E-state index contributed by atoms with van der Waals surface area (Å²) < 4.78 is 0. The molecule has 0 fully saturated rings. The van der Waals surface area contributed by atoms with E-state index in [0.717, 1.165) is 17.9 Å². The minimum absolute atomic E-state index is 0.497. The average Bonchev–Trinajstić information content (AvgIpc) is 2.84. The van der Waals surface area contributed by atoms with E-state index in [1.165, 1.54) is 10.4 Å². The molecule has 0 nitrogen and oxygen atoms in total. The maximum atomic E-state index is 6.04. The van der Waals surface area contributed by atoms with E-state index in [2.05, 4.69) is 29.6 Å². The summed E-state index contributed by atoms with van der Waals surface area (Å²) in [6, 6.07) is 12.3. The maximum absolute atomic E-state index is 6.04. The second-order valence-electron chi connectivity index (χ2n) is 4.13. The van der Waals surface area contributed by atoms with Crippen LogP contribution in [0.15, 0.2) is 41.8 Å². The van der Waals surface area contributed by atoms with Crippen LogP contribution in [0.5, 0.6) is 0 Å². The molecule has 0 spiro atoms. The molecule has 1 heterocycles. The van der Waals surface area contributed by atoms with Crippen molar-refractivity contribution in [1.29, 1.82) is 0 Å². The predicted octanol–water partition coefficient (Wildman–Crippen LogP) is 5.04. The van der Waals surface area contributed by atoms with Crippen molar-refractivity contribution in [3.63, 3.8) is 0 Å². The first-order chi connectivity index (χ1) is 8.28. The van der Waals surface area contributed by atoms with Gasteiger partial charge in [0, 0.05) is 15.8 Å². The van der Waals surface area contributed by atoms with Crippen LogP contribution >= 0.6 is 34.5 Å². The number of thiophene rings is 1. The third-order valence-corrected chi connectivity index (χ3v) is 4.31. The van der Waals surface area contributed by atoms with Gasteiger partial charge < -0.3 is 0 Å². The second-order valence-corrected chi connectivity index (χ2v) is 5.91. The fraction of sp³-hybridized carbons (Fsp3) is 0.286. The topological polar surface area (TPSA) is 0 Å². The van der Waals surface area contributed by atoms with Crippen LogP contribution in [0, 0.1) is 5.92 Å². The molecule has 0 aliphatic carbocycles. The van der Waals surface area contributed by atoms with E-state index in [-0.39, 0.29) is 0 Å². The molecule has 17 heavy (non-hydrogen) atoms. The summed E-state index contributed by atoms with van der Waals surface area (Å²) >= 11 is 13.7. The van der Waals surface area contributed by atoms with Crippen LogP contribution in [0.25, 0.3) is 0 Å². The highest BCUT2D eigenvalue weighted by Crippen LogP contribution is 2.20. The molecule has 0 N–H and O–H groups in total. The Morgan fingerprint density at radius 3 is 2.41 bits per heavy atom. The highest BCUT2D eigenvalue weighted by molar-refractivity contribution is 7.09. The molecule has 2 rings (SSSR count). The lowest BCUT2D eigenvalue weighted by atomic mass is 9.97. The lowest BCUT2D eigenvalue weighted by Crippen LogP contribution is -2.09. The fourth-order valence-electron chi connectivity index (χ4n) is 1.85. The van der Waals surface area contributed by atoms with Gasteiger partial charge in [-0.05, 0) is 47.9 Å². The van der Waals surface area contributed by atoms with Gasteiger partial charge in [-0.3, -0.25) is 0 Å². The molecule has 90 valence electrons. The standard InChI is InChI=1S/C14H14Cl2S/c15-10-12(9-14-2-1-7-17-14)8-11-3-5-13(16)6-4-11/h1-7,12H,8-10H2. The molecule has 0 saturated heterocycles. The van der Waals surface area contributed by atoms with Crippen LogP contribution in [-0.4, -0.2) is 5.88 Å². The number of rotatable bonds is 5. The zero-order chi connectivity index (χ0) is 12.1. The zero-order valence-corrected chi connectivity index (χ0v) is 11.7. The third-order valence-electron chi connectivity index (χ3n) is 2.73. The maximum Gasteiger partial charge on any atom is 0.0406 e. The summed E-state index contributed by atoms with van der Waals surface area (Å²) in [6.45, 7) is 0. The lowest BCUT2D eigenvalue weighted by Gasteiger charge is -2.12. The molecular formula is C14H14Cl2S. The Kier molecular flexibility index (Phi) is 4.90. The van der Waals surface area contributed by atoms with Crippen molar-refractivity contribution >= 4 is 34.5 Å². The summed E-state index contributed by atoms with van der Waals surface area (Å²) in [4.78, 5) is 1.41. The van der Waals surface area contributed by atoms with Gasteiger partial charge in [0.1, 0.15) is 0 Å². The Labute approximate surface area is 116 Å². The van der Waals surface area contributed by atoms with E-state index in [0.29, 0.717) is 11.8 Å². The van der Waals surface area contributed by atoms with Crippen molar-refractivity contribution in [2.24, 2.45) is 5.92 Å². The Morgan fingerprint density at radius 2 is 1.82 bits per heavy atom. The Balaban J connectivity index is 1.97. The SMILES string of the molecule is ClCC(Cc1ccc(Cl)cc1)Cc1cccs1. The molecular weight excluding hydrogens is 271 g/mol. The highest BCUT2D eigenvalue weighted by Gasteiger charge is 2.10. The molecule has 0 amide bonds. The van der Waals surface area contributed by atoms with E-state index < -0.39 is 0 Å². The first kappa shape index (κ1) is 12.9. The summed E-state index contributed by atoms with van der Waals surface area (Å²) in [5.74, 6) is 1.19. The Morgan fingerprint density at radius 1 is 1.06 bits per heavy atom. The van der Waals surface area contributed by atoms with Gasteiger partial charge in [-0.25, -0.2) is 0 Å². The quantitative estimate of drug-likeness (QED) is 0.675. The van der Waals surface area contributed by atoms with Gasteiger partial charge in [-0.15, -0.1) is 22.9 Å². The molecule has 1 unspecified atom stereocenters. The number of alkyl halides is 1. The van der Waals surface area contributed by atoms with Crippen molar-refractivity contribution in [3.8, 4) is 0 Å². The van der Waals surface area contributed by atoms with Crippen LogP contribution in [0.3, 0.4) is 0 Å². The van der Waals surface area contributed by atoms with Crippen molar-refractivity contribution in [2.45, 2.75) is 12.8 Å². The van der Waals surface area contributed by atoms with E-state index in [4.69, 9.17) is 23.2 Å². The van der Waals surface area contributed by atoms with Crippen molar-refractivity contribution in [1.82, 2.24) is 0 Å².